The molecular weight excluding hydrogens is 362 g/mol. The molecule has 3 N–H and O–H groups in total. The molecule has 2 aliphatic rings. The van der Waals surface area contributed by atoms with Crippen molar-refractivity contribution in [2.45, 2.75) is 46.1 Å². The number of H-pyrrole nitrogens is 2. The Hall–Kier alpha value is -2.60. The zero-order valence-corrected chi connectivity index (χ0v) is 17.4. The topological polar surface area (TPSA) is 76.8 Å². The normalized spacial score (nSPS) is 21.3. The second kappa shape index (κ2) is 6.73. The molecule has 1 aliphatic carbocycles. The number of amides is 1. The van der Waals surface area contributed by atoms with Gasteiger partial charge in [-0.15, -0.1) is 0 Å². The van der Waals surface area contributed by atoms with Crippen LogP contribution < -0.4 is 5.32 Å². The minimum atomic E-state index is 0.108. The highest BCUT2D eigenvalue weighted by atomic mass is 16.2. The maximum atomic E-state index is 13.0. The second-order valence-electron chi connectivity index (χ2n) is 9.41. The molecule has 3 aromatic rings. The van der Waals surface area contributed by atoms with Gasteiger partial charge in [0.1, 0.15) is 5.69 Å². The molecule has 0 bridgehead atoms. The molecule has 1 saturated heterocycles. The minimum absolute atomic E-state index is 0.108. The molecule has 0 radical (unpaired) electrons. The van der Waals surface area contributed by atoms with Crippen molar-refractivity contribution in [2.75, 3.05) is 19.6 Å². The van der Waals surface area contributed by atoms with Gasteiger partial charge in [0, 0.05) is 53.4 Å². The summed E-state index contributed by atoms with van der Waals surface area (Å²) in [5.41, 5.74) is 6.70. The van der Waals surface area contributed by atoms with Crippen molar-refractivity contribution in [3.8, 4) is 11.4 Å². The zero-order chi connectivity index (χ0) is 20.2. The van der Waals surface area contributed by atoms with Gasteiger partial charge in [-0.05, 0) is 49.8 Å². The molecule has 6 heteroatoms. The Morgan fingerprint density at radius 1 is 1.28 bits per heavy atom. The van der Waals surface area contributed by atoms with Gasteiger partial charge in [0.05, 0.1) is 5.69 Å². The van der Waals surface area contributed by atoms with Gasteiger partial charge >= 0.3 is 0 Å². The van der Waals surface area contributed by atoms with Crippen LogP contribution in [0.2, 0.25) is 0 Å². The lowest BCUT2D eigenvalue weighted by Crippen LogP contribution is -2.52. The molecule has 2 aromatic heterocycles. The van der Waals surface area contributed by atoms with Crippen LogP contribution in [0.25, 0.3) is 22.3 Å². The number of hydrogen-bond acceptors (Lipinski definition) is 3. The summed E-state index contributed by atoms with van der Waals surface area (Å²) in [6, 6.07) is 8.33. The molecule has 5 rings (SSSR count). The van der Waals surface area contributed by atoms with Crippen molar-refractivity contribution >= 4 is 16.8 Å². The largest absolute Gasteiger partial charge is 0.353 e. The zero-order valence-electron chi connectivity index (χ0n) is 17.4. The summed E-state index contributed by atoms with van der Waals surface area (Å²) in [7, 11) is 0. The number of benzene rings is 1. The number of carbonyl (C=O) groups excluding carboxylic acids is 1. The van der Waals surface area contributed by atoms with Crippen LogP contribution in [0, 0.1) is 5.41 Å². The van der Waals surface area contributed by atoms with Gasteiger partial charge in [-0.25, -0.2) is 0 Å². The van der Waals surface area contributed by atoms with E-state index in [0.29, 0.717) is 5.41 Å². The summed E-state index contributed by atoms with van der Waals surface area (Å²) in [5, 5.41) is 12.3. The lowest BCUT2D eigenvalue weighted by Gasteiger charge is -2.34. The Labute approximate surface area is 171 Å². The summed E-state index contributed by atoms with van der Waals surface area (Å²) in [5.74, 6) is 0.108. The van der Waals surface area contributed by atoms with E-state index in [1.54, 1.807) is 0 Å². The lowest BCUT2D eigenvalue weighted by atomic mass is 9.76. The average molecular weight is 392 g/mol. The van der Waals surface area contributed by atoms with Crippen LogP contribution in [0.3, 0.4) is 0 Å². The van der Waals surface area contributed by atoms with Crippen molar-refractivity contribution in [1.82, 2.24) is 25.4 Å². The Morgan fingerprint density at radius 3 is 2.97 bits per heavy atom. The fourth-order valence-corrected chi connectivity index (χ4v) is 4.77. The Balaban J connectivity index is 1.46. The van der Waals surface area contributed by atoms with E-state index in [-0.39, 0.29) is 11.9 Å². The third-order valence-corrected chi connectivity index (χ3v) is 6.55. The summed E-state index contributed by atoms with van der Waals surface area (Å²) >= 11 is 0. The van der Waals surface area contributed by atoms with Crippen molar-refractivity contribution in [3.05, 3.63) is 41.1 Å². The van der Waals surface area contributed by atoms with Gasteiger partial charge in [-0.3, -0.25) is 9.89 Å². The first-order valence-electron chi connectivity index (χ1n) is 10.6. The van der Waals surface area contributed by atoms with Crippen LogP contribution >= 0.6 is 0 Å². The van der Waals surface area contributed by atoms with Crippen LogP contribution in [-0.4, -0.2) is 51.7 Å². The molecule has 1 aromatic carbocycles. The van der Waals surface area contributed by atoms with E-state index in [1.807, 2.05) is 23.1 Å². The third-order valence-electron chi connectivity index (χ3n) is 6.55. The predicted octanol–water partition coefficient (Wildman–Crippen LogP) is 3.51. The number of hydrogen-bond donors (Lipinski definition) is 3. The standard InChI is InChI=1S/C23H29N5O/c1-14-13-24-8-9-28(14)22(29)16-5-4-15-10-19(25-18(15)11-16)21-17-6-7-23(2,3)12-20(17)26-27-21/h4-5,10-11,14,24-25H,6-9,12-13H2,1-3H3,(H,26,27)/t14-/m0/s1. The van der Waals surface area contributed by atoms with Crippen LogP contribution in [0.5, 0.6) is 0 Å². The quantitative estimate of drug-likeness (QED) is 0.626. The Bertz CT molecular complexity index is 1080. The number of piperazine rings is 1. The smallest absolute Gasteiger partial charge is 0.254 e. The van der Waals surface area contributed by atoms with E-state index in [9.17, 15) is 4.79 Å². The van der Waals surface area contributed by atoms with E-state index < -0.39 is 0 Å². The van der Waals surface area contributed by atoms with Gasteiger partial charge in [0.15, 0.2) is 0 Å². The molecule has 0 saturated carbocycles. The van der Waals surface area contributed by atoms with Crippen molar-refractivity contribution in [1.29, 1.82) is 0 Å². The molecular formula is C23H29N5O. The predicted molar refractivity (Wildman–Crippen MR) is 115 cm³/mol. The van der Waals surface area contributed by atoms with Gasteiger partial charge in [-0.1, -0.05) is 19.9 Å². The van der Waals surface area contributed by atoms with E-state index >= 15 is 0 Å². The Morgan fingerprint density at radius 2 is 2.14 bits per heavy atom. The monoisotopic (exact) mass is 391 g/mol. The second-order valence-corrected chi connectivity index (χ2v) is 9.41. The summed E-state index contributed by atoms with van der Waals surface area (Å²) in [6.07, 6.45) is 3.26. The summed E-state index contributed by atoms with van der Waals surface area (Å²) in [6.45, 7) is 9.18. The van der Waals surface area contributed by atoms with Crippen molar-refractivity contribution in [2.24, 2.45) is 5.41 Å². The van der Waals surface area contributed by atoms with Crippen LogP contribution in [0.1, 0.15) is 48.8 Å². The average Bonchev–Trinajstić information content (AvgIpc) is 3.29. The number of nitrogens with zero attached hydrogens (tertiary/aromatic N) is 2. The van der Waals surface area contributed by atoms with E-state index in [1.165, 1.54) is 17.7 Å². The Kier molecular flexibility index (Phi) is 4.28. The van der Waals surface area contributed by atoms with Crippen LogP contribution in [0.15, 0.2) is 24.3 Å². The highest BCUT2D eigenvalue weighted by molar-refractivity contribution is 5.99. The van der Waals surface area contributed by atoms with E-state index in [2.05, 4.69) is 47.3 Å². The maximum Gasteiger partial charge on any atom is 0.254 e. The first kappa shape index (κ1) is 18.4. The molecule has 29 heavy (non-hydrogen) atoms. The van der Waals surface area contributed by atoms with Gasteiger partial charge in [-0.2, -0.15) is 5.10 Å². The van der Waals surface area contributed by atoms with Gasteiger partial charge in [0.2, 0.25) is 0 Å². The molecule has 0 unspecified atom stereocenters. The minimum Gasteiger partial charge on any atom is -0.353 e. The van der Waals surface area contributed by atoms with Gasteiger partial charge < -0.3 is 15.2 Å². The first-order chi connectivity index (χ1) is 13.9. The molecule has 6 nitrogen and oxygen atoms in total. The van der Waals surface area contributed by atoms with Gasteiger partial charge in [0.25, 0.3) is 5.91 Å². The molecule has 152 valence electrons. The number of fused-ring (bicyclic) bond motifs is 2. The first-order valence-corrected chi connectivity index (χ1v) is 10.6. The van der Waals surface area contributed by atoms with Crippen LogP contribution in [0.4, 0.5) is 0 Å². The number of carbonyl (C=O) groups is 1. The highest BCUT2D eigenvalue weighted by Gasteiger charge is 2.29. The summed E-state index contributed by atoms with van der Waals surface area (Å²) < 4.78 is 0. The van der Waals surface area contributed by atoms with Crippen LogP contribution in [-0.2, 0) is 12.8 Å². The molecule has 3 heterocycles. The van der Waals surface area contributed by atoms with Crippen molar-refractivity contribution in [3.63, 3.8) is 0 Å². The molecule has 1 aliphatic heterocycles. The fourth-order valence-electron chi connectivity index (χ4n) is 4.77. The van der Waals surface area contributed by atoms with E-state index in [4.69, 9.17) is 0 Å². The number of aromatic amines is 2. The van der Waals surface area contributed by atoms with Crippen molar-refractivity contribution < 1.29 is 4.79 Å². The number of rotatable bonds is 2. The lowest BCUT2D eigenvalue weighted by molar-refractivity contribution is 0.0656. The molecule has 1 atom stereocenters. The third kappa shape index (κ3) is 3.25. The number of nitrogens with one attached hydrogen (secondary N) is 3. The highest BCUT2D eigenvalue weighted by Crippen LogP contribution is 2.38. The number of aromatic nitrogens is 3. The summed E-state index contributed by atoms with van der Waals surface area (Å²) in [4.78, 5) is 18.5. The van der Waals surface area contributed by atoms with E-state index in [0.717, 1.165) is 60.3 Å². The molecule has 1 amide bonds. The SMILES string of the molecule is C[C@H]1CNCCN1C(=O)c1ccc2cc(-c3n[nH]c4c3CCC(C)(C)C4)[nH]c2c1. The molecule has 0 spiro atoms. The maximum absolute atomic E-state index is 13.0. The fraction of sp³-hybridized carbons (Fsp3) is 0.478. The molecule has 1 fully saturated rings.